The van der Waals surface area contributed by atoms with Gasteiger partial charge in [0.15, 0.2) is 0 Å². The Morgan fingerprint density at radius 1 is 1.39 bits per heavy atom. The van der Waals surface area contributed by atoms with Crippen molar-refractivity contribution in [3.8, 4) is 0 Å². The largest absolute Gasteiger partial charge is 0.344 e. The lowest BCUT2D eigenvalue weighted by Crippen LogP contribution is -2.15. The van der Waals surface area contributed by atoms with E-state index >= 15 is 0 Å². The van der Waals surface area contributed by atoms with Gasteiger partial charge in [0.2, 0.25) is 0 Å². The highest BCUT2D eigenvalue weighted by Gasteiger charge is 2.24. The van der Waals surface area contributed by atoms with Crippen LogP contribution in [0.4, 0.5) is 0 Å². The molecule has 1 aliphatic carbocycles. The van der Waals surface area contributed by atoms with Gasteiger partial charge < -0.3 is 10.7 Å². The summed E-state index contributed by atoms with van der Waals surface area (Å²) in [4.78, 5) is 8.10. The molecule has 0 aliphatic heterocycles. The minimum atomic E-state index is -0.0369. The standard InChI is InChI=1S/C15H19N3/c1-10-7-8-13-14(10)18-15(17-13)12(16)9-11-5-3-2-4-6-11/h2-6,10,12H,7-9,16H2,1H3,(H,17,18)/t10?,12-/m0/s1. The summed E-state index contributed by atoms with van der Waals surface area (Å²) < 4.78 is 0. The molecule has 1 aliphatic rings. The zero-order chi connectivity index (χ0) is 12.5. The minimum Gasteiger partial charge on any atom is -0.344 e. The lowest BCUT2D eigenvalue weighted by atomic mass is 10.1. The third kappa shape index (κ3) is 2.06. The molecule has 18 heavy (non-hydrogen) atoms. The molecule has 0 fully saturated rings. The van der Waals surface area contributed by atoms with Crippen LogP contribution in [0.15, 0.2) is 30.3 Å². The molecule has 1 aromatic heterocycles. The van der Waals surface area contributed by atoms with E-state index in [1.54, 1.807) is 0 Å². The van der Waals surface area contributed by atoms with E-state index in [4.69, 9.17) is 5.73 Å². The highest BCUT2D eigenvalue weighted by atomic mass is 15.0. The molecule has 0 radical (unpaired) electrons. The third-order valence-electron chi connectivity index (χ3n) is 3.77. The molecule has 0 saturated carbocycles. The number of nitrogens with zero attached hydrogens (tertiary/aromatic N) is 1. The number of fused-ring (bicyclic) bond motifs is 1. The summed E-state index contributed by atoms with van der Waals surface area (Å²) in [6.45, 7) is 2.24. The van der Waals surface area contributed by atoms with E-state index in [2.05, 4.69) is 29.0 Å². The van der Waals surface area contributed by atoms with Gasteiger partial charge in [0.05, 0.1) is 11.7 Å². The number of aryl methyl sites for hydroxylation is 1. The van der Waals surface area contributed by atoms with Crippen molar-refractivity contribution in [2.24, 2.45) is 5.73 Å². The summed E-state index contributed by atoms with van der Waals surface area (Å²) in [5, 5.41) is 0. The second-order valence-electron chi connectivity index (χ2n) is 5.22. The van der Waals surface area contributed by atoms with Crippen LogP contribution in [0.2, 0.25) is 0 Å². The predicted molar refractivity (Wildman–Crippen MR) is 72.4 cm³/mol. The van der Waals surface area contributed by atoms with Crippen LogP contribution < -0.4 is 5.73 Å². The van der Waals surface area contributed by atoms with E-state index < -0.39 is 0 Å². The Bertz CT molecular complexity index is 530. The normalized spacial score (nSPS) is 19.8. The number of rotatable bonds is 3. The van der Waals surface area contributed by atoms with E-state index in [1.165, 1.54) is 23.4 Å². The quantitative estimate of drug-likeness (QED) is 0.868. The number of hydrogen-bond acceptors (Lipinski definition) is 2. The number of nitrogens with one attached hydrogen (secondary N) is 1. The predicted octanol–water partition coefficient (Wildman–Crippen LogP) is 2.70. The fourth-order valence-electron chi connectivity index (χ4n) is 2.68. The zero-order valence-electron chi connectivity index (χ0n) is 10.7. The summed E-state index contributed by atoms with van der Waals surface area (Å²) >= 11 is 0. The average molecular weight is 241 g/mol. The SMILES string of the molecule is CC1CCc2[nH]c([C@@H](N)Cc3ccccc3)nc21. The molecular formula is C15H19N3. The van der Waals surface area contributed by atoms with E-state index in [-0.39, 0.29) is 6.04 Å². The van der Waals surface area contributed by atoms with Crippen molar-refractivity contribution in [2.45, 2.75) is 38.1 Å². The number of aromatic nitrogens is 2. The Balaban J connectivity index is 1.77. The zero-order valence-corrected chi connectivity index (χ0v) is 10.7. The molecule has 3 heteroatoms. The molecule has 1 aromatic carbocycles. The summed E-state index contributed by atoms with van der Waals surface area (Å²) in [7, 11) is 0. The van der Waals surface area contributed by atoms with Crippen molar-refractivity contribution >= 4 is 0 Å². The topological polar surface area (TPSA) is 54.7 Å². The molecule has 0 saturated heterocycles. The van der Waals surface area contributed by atoms with Crippen LogP contribution in [0.1, 0.15) is 48.1 Å². The summed E-state index contributed by atoms with van der Waals surface area (Å²) in [5.41, 5.74) is 10.0. The molecule has 0 bridgehead atoms. The maximum Gasteiger partial charge on any atom is 0.123 e. The first kappa shape index (κ1) is 11.5. The monoisotopic (exact) mass is 241 g/mol. The average Bonchev–Trinajstić information content (AvgIpc) is 2.93. The minimum absolute atomic E-state index is 0.0369. The van der Waals surface area contributed by atoms with Gasteiger partial charge in [-0.1, -0.05) is 37.3 Å². The van der Waals surface area contributed by atoms with Crippen molar-refractivity contribution in [3.05, 3.63) is 53.1 Å². The van der Waals surface area contributed by atoms with E-state index in [9.17, 15) is 0 Å². The first-order valence-electron chi connectivity index (χ1n) is 6.62. The van der Waals surface area contributed by atoms with Crippen LogP contribution in [0.25, 0.3) is 0 Å². The van der Waals surface area contributed by atoms with Crippen molar-refractivity contribution in [2.75, 3.05) is 0 Å². The molecule has 2 aromatic rings. The number of H-pyrrole nitrogens is 1. The highest BCUT2D eigenvalue weighted by molar-refractivity contribution is 5.26. The first-order valence-corrected chi connectivity index (χ1v) is 6.62. The summed E-state index contributed by atoms with van der Waals surface area (Å²) in [6, 6.07) is 10.3. The molecule has 1 heterocycles. The van der Waals surface area contributed by atoms with E-state index in [0.29, 0.717) is 5.92 Å². The van der Waals surface area contributed by atoms with E-state index in [1.807, 2.05) is 18.2 Å². The summed E-state index contributed by atoms with van der Waals surface area (Å²) in [5.74, 6) is 1.52. The van der Waals surface area contributed by atoms with Crippen molar-refractivity contribution in [1.82, 2.24) is 9.97 Å². The number of imidazole rings is 1. The fourth-order valence-corrected chi connectivity index (χ4v) is 2.68. The Morgan fingerprint density at radius 3 is 2.89 bits per heavy atom. The molecular weight excluding hydrogens is 222 g/mol. The molecule has 3 N–H and O–H groups in total. The Morgan fingerprint density at radius 2 is 2.17 bits per heavy atom. The molecule has 0 spiro atoms. The van der Waals surface area contributed by atoms with Crippen LogP contribution in [-0.4, -0.2) is 9.97 Å². The van der Waals surface area contributed by atoms with Crippen LogP contribution in [0, 0.1) is 0 Å². The second kappa shape index (κ2) is 4.58. The highest BCUT2D eigenvalue weighted by Crippen LogP contribution is 2.31. The van der Waals surface area contributed by atoms with Gasteiger partial charge >= 0.3 is 0 Å². The Kier molecular flexibility index (Phi) is 2.92. The lowest BCUT2D eigenvalue weighted by Gasteiger charge is -2.09. The Labute approximate surface area is 107 Å². The third-order valence-corrected chi connectivity index (χ3v) is 3.77. The number of hydrogen-bond donors (Lipinski definition) is 2. The van der Waals surface area contributed by atoms with Gasteiger partial charge in [-0.15, -0.1) is 0 Å². The molecule has 94 valence electrons. The molecule has 3 nitrogen and oxygen atoms in total. The van der Waals surface area contributed by atoms with Gasteiger partial charge in [-0.2, -0.15) is 0 Å². The number of aromatic amines is 1. The van der Waals surface area contributed by atoms with Crippen LogP contribution >= 0.6 is 0 Å². The molecule has 1 unspecified atom stereocenters. The molecule has 2 atom stereocenters. The fraction of sp³-hybridized carbons (Fsp3) is 0.400. The van der Waals surface area contributed by atoms with Crippen LogP contribution in [-0.2, 0) is 12.8 Å². The van der Waals surface area contributed by atoms with Crippen LogP contribution in [0.3, 0.4) is 0 Å². The Hall–Kier alpha value is -1.61. The van der Waals surface area contributed by atoms with Gasteiger partial charge in [0.25, 0.3) is 0 Å². The molecule has 0 amide bonds. The van der Waals surface area contributed by atoms with Gasteiger partial charge in [0.1, 0.15) is 5.82 Å². The van der Waals surface area contributed by atoms with Crippen molar-refractivity contribution < 1.29 is 0 Å². The number of nitrogens with two attached hydrogens (primary N) is 1. The van der Waals surface area contributed by atoms with Crippen molar-refractivity contribution in [3.63, 3.8) is 0 Å². The maximum atomic E-state index is 6.24. The van der Waals surface area contributed by atoms with Crippen molar-refractivity contribution in [1.29, 1.82) is 0 Å². The lowest BCUT2D eigenvalue weighted by molar-refractivity contribution is 0.653. The summed E-state index contributed by atoms with van der Waals surface area (Å²) in [6.07, 6.45) is 3.16. The number of benzene rings is 1. The maximum absolute atomic E-state index is 6.24. The molecule has 3 rings (SSSR count). The van der Waals surface area contributed by atoms with Gasteiger partial charge in [-0.3, -0.25) is 0 Å². The van der Waals surface area contributed by atoms with E-state index in [0.717, 1.165) is 18.7 Å². The van der Waals surface area contributed by atoms with Gasteiger partial charge in [0, 0.05) is 11.6 Å². The first-order chi connectivity index (χ1) is 8.74. The second-order valence-corrected chi connectivity index (χ2v) is 5.22. The smallest absolute Gasteiger partial charge is 0.123 e. The van der Waals surface area contributed by atoms with Gasteiger partial charge in [-0.05, 0) is 24.8 Å². The van der Waals surface area contributed by atoms with Crippen LogP contribution in [0.5, 0.6) is 0 Å². The van der Waals surface area contributed by atoms with Gasteiger partial charge in [-0.25, -0.2) is 4.98 Å².